The number of anilines is 3. The molecule has 0 bridgehead atoms. The number of carbonyl (C=O) groups is 1. The van der Waals surface area contributed by atoms with Gasteiger partial charge in [0, 0.05) is 43.3 Å². The van der Waals surface area contributed by atoms with E-state index in [0.29, 0.717) is 47.6 Å². The summed E-state index contributed by atoms with van der Waals surface area (Å²) in [5, 5.41) is 10.7. The number of nitrogens with two attached hydrogens (primary N) is 1. The summed E-state index contributed by atoms with van der Waals surface area (Å²) in [6.07, 6.45) is 3.02. The van der Waals surface area contributed by atoms with Gasteiger partial charge >= 0.3 is 5.97 Å². The Bertz CT molecular complexity index is 1310. The van der Waals surface area contributed by atoms with E-state index in [1.54, 1.807) is 38.2 Å². The number of aromatic nitrogens is 5. The van der Waals surface area contributed by atoms with E-state index in [0.717, 1.165) is 11.3 Å². The third-order valence-corrected chi connectivity index (χ3v) is 5.33. The summed E-state index contributed by atoms with van der Waals surface area (Å²) < 4.78 is 12.5. The van der Waals surface area contributed by atoms with E-state index in [2.05, 4.69) is 35.7 Å². The maximum absolute atomic E-state index is 12.7. The lowest BCUT2D eigenvalue weighted by molar-refractivity contribution is 0.0526. The van der Waals surface area contributed by atoms with Gasteiger partial charge in [-0.1, -0.05) is 6.07 Å². The predicted octanol–water partition coefficient (Wildman–Crippen LogP) is 3.33. The molecule has 0 aliphatic heterocycles. The van der Waals surface area contributed by atoms with Gasteiger partial charge in [-0.15, -0.1) is 0 Å². The molecule has 12 heteroatoms. The zero-order valence-electron chi connectivity index (χ0n) is 22.0. The first-order chi connectivity index (χ1) is 17.8. The lowest BCUT2D eigenvalue weighted by Crippen LogP contribution is -2.18. The normalized spacial score (nSPS) is 12.1. The van der Waals surface area contributed by atoms with Crippen LogP contribution in [-0.2, 0) is 11.8 Å². The first-order valence-corrected chi connectivity index (χ1v) is 11.8. The second-order valence-electron chi connectivity index (χ2n) is 8.00. The van der Waals surface area contributed by atoms with Gasteiger partial charge in [-0.2, -0.15) is 10.1 Å². The van der Waals surface area contributed by atoms with Crippen molar-refractivity contribution in [2.45, 2.75) is 27.7 Å². The molecule has 3 rings (SSSR count). The Hall–Kier alpha value is -4.48. The van der Waals surface area contributed by atoms with Gasteiger partial charge in [0.15, 0.2) is 17.4 Å². The third-order valence-electron chi connectivity index (χ3n) is 5.33. The van der Waals surface area contributed by atoms with Gasteiger partial charge in [0.1, 0.15) is 11.9 Å². The molecule has 12 nitrogen and oxygen atoms in total. The summed E-state index contributed by atoms with van der Waals surface area (Å²) in [6, 6.07) is 5.48. The van der Waals surface area contributed by atoms with Crippen molar-refractivity contribution in [1.82, 2.24) is 24.7 Å². The molecule has 0 fully saturated rings. The molecule has 0 saturated heterocycles. The molecule has 3 aromatic rings. The zero-order valence-corrected chi connectivity index (χ0v) is 22.0. The van der Waals surface area contributed by atoms with Gasteiger partial charge in [0.25, 0.3) is 0 Å². The van der Waals surface area contributed by atoms with Crippen LogP contribution in [0.2, 0.25) is 0 Å². The molecule has 0 saturated carbocycles. The summed E-state index contributed by atoms with van der Waals surface area (Å²) in [6.45, 7) is 8.64. The average molecular weight is 508 g/mol. The van der Waals surface area contributed by atoms with Gasteiger partial charge in [-0.25, -0.2) is 14.8 Å². The Kier molecular flexibility index (Phi) is 9.14. The highest BCUT2D eigenvalue weighted by Gasteiger charge is 2.20. The highest BCUT2D eigenvalue weighted by molar-refractivity contribution is 5.99. The number of aryl methyl sites for hydroxylation is 1. The van der Waals surface area contributed by atoms with Crippen LogP contribution >= 0.6 is 0 Å². The molecular formula is C25H33N9O3. The van der Waals surface area contributed by atoms with E-state index in [1.807, 2.05) is 32.9 Å². The molecule has 196 valence electrons. The van der Waals surface area contributed by atoms with E-state index >= 15 is 0 Å². The Balaban J connectivity index is 1.99. The number of allylic oxidation sites excluding steroid dienone is 1. The first kappa shape index (κ1) is 27.1. The minimum absolute atomic E-state index is 0.172. The number of methoxy groups -OCH3 is 1. The molecule has 1 aromatic carbocycles. The summed E-state index contributed by atoms with van der Waals surface area (Å²) in [5.74, 6) is 0.975. The fourth-order valence-corrected chi connectivity index (χ4v) is 3.59. The van der Waals surface area contributed by atoms with Crippen molar-refractivity contribution in [3.8, 4) is 17.1 Å². The number of nitrogens with one attached hydrogen (secondary N) is 2. The van der Waals surface area contributed by atoms with E-state index in [1.165, 1.54) is 6.20 Å². The summed E-state index contributed by atoms with van der Waals surface area (Å²) in [7, 11) is 3.34. The van der Waals surface area contributed by atoms with E-state index in [9.17, 15) is 4.79 Å². The third kappa shape index (κ3) is 6.60. The van der Waals surface area contributed by atoms with Crippen molar-refractivity contribution in [2.24, 2.45) is 17.8 Å². The molecular weight excluding hydrogens is 474 g/mol. The Labute approximate surface area is 216 Å². The van der Waals surface area contributed by atoms with Gasteiger partial charge in [0.05, 0.1) is 25.0 Å². The molecule has 0 spiro atoms. The van der Waals surface area contributed by atoms with Crippen LogP contribution in [0, 0.1) is 0 Å². The topological polar surface area (TPSA) is 154 Å². The van der Waals surface area contributed by atoms with E-state index in [4.69, 9.17) is 15.2 Å². The van der Waals surface area contributed by atoms with Crippen molar-refractivity contribution >= 4 is 29.1 Å². The zero-order chi connectivity index (χ0) is 26.9. The van der Waals surface area contributed by atoms with Crippen LogP contribution in [0.1, 0.15) is 38.1 Å². The molecule has 0 aliphatic carbocycles. The van der Waals surface area contributed by atoms with Crippen molar-refractivity contribution in [3.05, 3.63) is 47.6 Å². The van der Waals surface area contributed by atoms with Crippen LogP contribution < -0.4 is 21.1 Å². The number of esters is 1. The number of nitrogens with zero attached hydrogens (tertiary/aromatic N) is 6. The first-order valence-electron chi connectivity index (χ1n) is 11.8. The van der Waals surface area contributed by atoms with Crippen LogP contribution in [0.5, 0.6) is 5.75 Å². The molecule has 0 atom stereocenters. The number of hydrogen-bond acceptors (Lipinski definition) is 11. The van der Waals surface area contributed by atoms with Gasteiger partial charge in [0.2, 0.25) is 5.95 Å². The standard InChI is InChI=1S/C25H33N9O3/c1-7-27-16(4)18(15(3)26)12-28-25-29-13-19(24(35)37-8-2)23(32-25)31-20-11-9-10-17(21(20)36-6)22-30-14-34(5)33-22/h9-11,13-14H,7-8,12,26H2,1-6H3,(H2,28,29,31,32)/b18-15-,27-16?. The van der Waals surface area contributed by atoms with Crippen LogP contribution in [0.3, 0.4) is 0 Å². The Morgan fingerprint density at radius 3 is 2.62 bits per heavy atom. The van der Waals surface area contributed by atoms with Gasteiger partial charge in [-0.05, 0) is 39.8 Å². The molecule has 4 N–H and O–H groups in total. The molecule has 0 radical (unpaired) electrons. The Morgan fingerprint density at radius 2 is 2.00 bits per heavy atom. The maximum atomic E-state index is 12.7. The number of ether oxygens (including phenoxy) is 2. The monoisotopic (exact) mass is 507 g/mol. The molecule has 0 unspecified atom stereocenters. The lowest BCUT2D eigenvalue weighted by atomic mass is 10.1. The summed E-state index contributed by atoms with van der Waals surface area (Å²) >= 11 is 0. The fraction of sp³-hybridized carbons (Fsp3) is 0.360. The number of rotatable bonds is 11. The number of aliphatic imine (C=N–C) groups is 1. The van der Waals surface area contributed by atoms with E-state index < -0.39 is 5.97 Å². The Morgan fingerprint density at radius 1 is 1.22 bits per heavy atom. The fourth-order valence-electron chi connectivity index (χ4n) is 3.59. The number of para-hydroxylation sites is 1. The van der Waals surface area contributed by atoms with E-state index in [-0.39, 0.29) is 18.0 Å². The average Bonchev–Trinajstić information content (AvgIpc) is 3.30. The van der Waals surface area contributed by atoms with Crippen molar-refractivity contribution < 1.29 is 14.3 Å². The van der Waals surface area contributed by atoms with Crippen LogP contribution in [0.25, 0.3) is 11.4 Å². The highest BCUT2D eigenvalue weighted by atomic mass is 16.5. The smallest absolute Gasteiger partial charge is 0.343 e. The molecule has 2 aromatic heterocycles. The number of carbonyl (C=O) groups excluding carboxylic acids is 1. The predicted molar refractivity (Wildman–Crippen MR) is 143 cm³/mol. The van der Waals surface area contributed by atoms with Crippen LogP contribution in [0.15, 0.2) is 47.0 Å². The molecule has 0 aliphatic rings. The highest BCUT2D eigenvalue weighted by Crippen LogP contribution is 2.36. The molecule has 37 heavy (non-hydrogen) atoms. The quantitative estimate of drug-likeness (QED) is 0.260. The second kappa shape index (κ2) is 12.5. The second-order valence-corrected chi connectivity index (χ2v) is 8.00. The van der Waals surface area contributed by atoms with Crippen LogP contribution in [0.4, 0.5) is 17.5 Å². The summed E-state index contributed by atoms with van der Waals surface area (Å²) in [5.41, 5.74) is 9.82. The largest absolute Gasteiger partial charge is 0.494 e. The molecule has 0 amide bonds. The lowest BCUT2D eigenvalue weighted by Gasteiger charge is -2.16. The number of benzene rings is 1. The van der Waals surface area contributed by atoms with Crippen molar-refractivity contribution in [1.29, 1.82) is 0 Å². The minimum atomic E-state index is -0.553. The van der Waals surface area contributed by atoms with Crippen LogP contribution in [-0.4, -0.2) is 63.2 Å². The summed E-state index contributed by atoms with van der Waals surface area (Å²) in [4.78, 5) is 30.3. The molecule has 2 heterocycles. The van der Waals surface area contributed by atoms with Gasteiger partial charge in [-0.3, -0.25) is 9.67 Å². The maximum Gasteiger partial charge on any atom is 0.343 e. The SMILES string of the molecule is CCN=C(C)/C(CNc1ncc(C(=O)OCC)c(Nc2cccc(-c3ncn(C)n3)c2OC)n1)=C(/C)N. The minimum Gasteiger partial charge on any atom is -0.494 e. The number of hydrogen-bond donors (Lipinski definition) is 3. The van der Waals surface area contributed by atoms with Crippen molar-refractivity contribution in [3.63, 3.8) is 0 Å². The van der Waals surface area contributed by atoms with Gasteiger partial charge < -0.3 is 25.8 Å². The van der Waals surface area contributed by atoms with Crippen molar-refractivity contribution in [2.75, 3.05) is 37.4 Å².